The molecule has 0 aliphatic heterocycles. The van der Waals surface area contributed by atoms with E-state index in [1.54, 1.807) is 13.0 Å². The minimum atomic E-state index is -4.91. The topological polar surface area (TPSA) is 79.6 Å². The molecule has 8 heteroatoms. The number of carbonyl (C=O) groups is 1. The summed E-state index contributed by atoms with van der Waals surface area (Å²) in [5, 5.41) is 18.2. The first-order chi connectivity index (χ1) is 9.80. The van der Waals surface area contributed by atoms with E-state index in [-0.39, 0.29) is 23.3 Å². The third-order valence-electron chi connectivity index (χ3n) is 2.43. The van der Waals surface area contributed by atoms with Crippen molar-refractivity contribution in [2.24, 2.45) is 0 Å². The van der Waals surface area contributed by atoms with E-state index in [9.17, 15) is 18.0 Å². The highest BCUT2D eigenvalue weighted by atomic mass is 19.4. The van der Waals surface area contributed by atoms with Gasteiger partial charge in [-0.3, -0.25) is 4.79 Å². The number of nitriles is 1. The van der Waals surface area contributed by atoms with E-state index in [2.05, 4.69) is 9.47 Å². The molecular formula is C13H12F3NO4. The molecular weight excluding hydrogens is 291 g/mol. The summed E-state index contributed by atoms with van der Waals surface area (Å²) in [6.07, 6.45) is -5.30. The highest BCUT2D eigenvalue weighted by Gasteiger charge is 2.31. The number of benzene rings is 1. The number of hydrogen-bond donors (Lipinski definition) is 1. The smallest absolute Gasteiger partial charge is 0.466 e. The van der Waals surface area contributed by atoms with Gasteiger partial charge in [-0.25, -0.2) is 0 Å². The molecule has 0 aromatic heterocycles. The summed E-state index contributed by atoms with van der Waals surface area (Å²) in [5.74, 6) is -1.30. The van der Waals surface area contributed by atoms with Crippen LogP contribution in [0, 0.1) is 11.3 Å². The van der Waals surface area contributed by atoms with Crippen LogP contribution in [0.5, 0.6) is 5.75 Å². The second-order valence-electron chi connectivity index (χ2n) is 3.92. The largest absolute Gasteiger partial charge is 0.573 e. The van der Waals surface area contributed by atoms with Gasteiger partial charge in [0, 0.05) is 0 Å². The minimum absolute atomic E-state index is 0.00162. The molecule has 0 amide bonds. The van der Waals surface area contributed by atoms with Crippen LogP contribution in [-0.4, -0.2) is 24.0 Å². The molecule has 0 heterocycles. The molecule has 0 saturated carbocycles. The van der Waals surface area contributed by atoms with Crippen molar-refractivity contribution in [3.05, 3.63) is 28.8 Å². The van der Waals surface area contributed by atoms with Crippen LogP contribution < -0.4 is 4.74 Å². The van der Waals surface area contributed by atoms with Gasteiger partial charge >= 0.3 is 12.3 Å². The molecule has 0 saturated heterocycles. The molecule has 0 aliphatic rings. The number of halogens is 3. The highest BCUT2D eigenvalue weighted by Crippen LogP contribution is 2.28. The maximum absolute atomic E-state index is 12.2. The first-order valence-electron chi connectivity index (χ1n) is 5.88. The normalized spacial score (nSPS) is 10.9. The molecule has 0 atom stereocenters. The summed E-state index contributed by atoms with van der Waals surface area (Å²) < 4.78 is 45.1. The van der Waals surface area contributed by atoms with Gasteiger partial charge in [0.1, 0.15) is 5.75 Å². The predicted molar refractivity (Wildman–Crippen MR) is 64.1 cm³/mol. The van der Waals surface area contributed by atoms with Gasteiger partial charge in [0.2, 0.25) is 0 Å². The van der Waals surface area contributed by atoms with Gasteiger partial charge in [-0.15, -0.1) is 13.2 Å². The fraction of sp³-hybridized carbons (Fsp3) is 0.385. The van der Waals surface area contributed by atoms with Crippen LogP contribution >= 0.6 is 0 Å². The zero-order valence-corrected chi connectivity index (χ0v) is 11.0. The van der Waals surface area contributed by atoms with Crippen LogP contribution in [0.4, 0.5) is 13.2 Å². The zero-order valence-electron chi connectivity index (χ0n) is 11.0. The van der Waals surface area contributed by atoms with Gasteiger partial charge in [-0.1, -0.05) is 0 Å². The van der Waals surface area contributed by atoms with Crippen LogP contribution in [0.1, 0.15) is 23.6 Å². The number of hydrogen-bond acceptors (Lipinski definition) is 5. The Labute approximate surface area is 118 Å². The van der Waals surface area contributed by atoms with Crippen molar-refractivity contribution in [3.63, 3.8) is 0 Å². The lowest BCUT2D eigenvalue weighted by Gasteiger charge is -2.13. The van der Waals surface area contributed by atoms with Gasteiger partial charge in [0.15, 0.2) is 0 Å². The number of carbonyl (C=O) groups excluding carboxylic acids is 1. The number of ether oxygens (including phenoxy) is 2. The monoisotopic (exact) mass is 303 g/mol. The lowest BCUT2D eigenvalue weighted by atomic mass is 9.99. The Hall–Kier alpha value is -2.27. The Kier molecular flexibility index (Phi) is 5.55. The number of alkyl halides is 3. The molecule has 5 nitrogen and oxygen atoms in total. The Balaban J connectivity index is 3.22. The zero-order chi connectivity index (χ0) is 16.0. The van der Waals surface area contributed by atoms with Gasteiger partial charge in [-0.2, -0.15) is 5.26 Å². The van der Waals surface area contributed by atoms with Crippen molar-refractivity contribution < 1.29 is 32.5 Å². The van der Waals surface area contributed by atoms with Gasteiger partial charge in [-0.05, 0) is 30.2 Å². The Morgan fingerprint density at radius 2 is 2.00 bits per heavy atom. The van der Waals surface area contributed by atoms with Crippen molar-refractivity contribution in [1.29, 1.82) is 5.26 Å². The molecule has 0 bridgehead atoms. The molecule has 0 fully saturated rings. The van der Waals surface area contributed by atoms with E-state index in [0.29, 0.717) is 0 Å². The number of aliphatic hydroxyl groups excluding tert-OH is 1. The van der Waals surface area contributed by atoms with E-state index in [0.717, 1.165) is 12.1 Å². The van der Waals surface area contributed by atoms with Crippen molar-refractivity contribution in [2.75, 3.05) is 6.61 Å². The van der Waals surface area contributed by atoms with Crippen molar-refractivity contribution in [1.82, 2.24) is 0 Å². The molecule has 1 N–H and O–H groups in total. The molecule has 0 radical (unpaired) electrons. The third kappa shape index (κ3) is 4.96. The number of rotatable bonds is 5. The van der Waals surface area contributed by atoms with Crippen LogP contribution in [0.3, 0.4) is 0 Å². The second kappa shape index (κ2) is 6.95. The Morgan fingerprint density at radius 1 is 1.38 bits per heavy atom. The standard InChI is InChI=1S/C13H12F3NO4/c1-2-20-12(19)5-8-3-10(21-13(14,15)16)4-9(7-18)11(8)6-17/h3-4,18H,2,5,7H2,1H3. The lowest BCUT2D eigenvalue weighted by Crippen LogP contribution is -2.18. The summed E-state index contributed by atoms with van der Waals surface area (Å²) in [6.45, 7) is 1.02. The molecule has 0 spiro atoms. The Morgan fingerprint density at radius 3 is 2.48 bits per heavy atom. The maximum Gasteiger partial charge on any atom is 0.573 e. The average Bonchev–Trinajstić information content (AvgIpc) is 2.36. The summed E-state index contributed by atoms with van der Waals surface area (Å²) in [4.78, 5) is 11.4. The van der Waals surface area contributed by atoms with E-state index in [4.69, 9.17) is 10.4 Å². The predicted octanol–water partition coefficient (Wildman–Crippen LogP) is 2.05. The molecule has 0 aliphatic carbocycles. The first-order valence-corrected chi connectivity index (χ1v) is 5.88. The lowest BCUT2D eigenvalue weighted by molar-refractivity contribution is -0.274. The van der Waals surface area contributed by atoms with Crippen molar-refractivity contribution in [3.8, 4) is 11.8 Å². The minimum Gasteiger partial charge on any atom is -0.466 e. The molecule has 114 valence electrons. The fourth-order valence-electron chi connectivity index (χ4n) is 1.70. The average molecular weight is 303 g/mol. The van der Waals surface area contributed by atoms with Crippen LogP contribution in [0.2, 0.25) is 0 Å². The van der Waals surface area contributed by atoms with Crippen molar-refractivity contribution in [2.45, 2.75) is 26.3 Å². The van der Waals surface area contributed by atoms with Gasteiger partial charge in [0.05, 0.1) is 31.3 Å². The summed E-state index contributed by atoms with van der Waals surface area (Å²) in [7, 11) is 0. The SMILES string of the molecule is CCOC(=O)Cc1cc(OC(F)(F)F)cc(CO)c1C#N. The van der Waals surface area contributed by atoms with Crippen molar-refractivity contribution >= 4 is 5.97 Å². The molecule has 21 heavy (non-hydrogen) atoms. The van der Waals surface area contributed by atoms with E-state index < -0.39 is 31.1 Å². The molecule has 1 aromatic rings. The highest BCUT2D eigenvalue weighted by molar-refractivity contribution is 5.74. The number of nitrogens with zero attached hydrogens (tertiary/aromatic N) is 1. The number of esters is 1. The summed E-state index contributed by atoms with van der Waals surface area (Å²) in [6, 6.07) is 3.58. The molecule has 0 unspecified atom stereocenters. The quantitative estimate of drug-likeness (QED) is 0.842. The van der Waals surface area contributed by atoms with Crippen LogP contribution in [0.25, 0.3) is 0 Å². The van der Waals surface area contributed by atoms with Crippen LogP contribution in [0.15, 0.2) is 12.1 Å². The Bertz CT molecular complexity index is 564. The second-order valence-corrected chi connectivity index (χ2v) is 3.92. The summed E-state index contributed by atoms with van der Waals surface area (Å²) >= 11 is 0. The van der Waals surface area contributed by atoms with E-state index in [1.165, 1.54) is 0 Å². The van der Waals surface area contributed by atoms with E-state index >= 15 is 0 Å². The molecule has 1 aromatic carbocycles. The molecule has 1 rings (SSSR count). The van der Waals surface area contributed by atoms with Gasteiger partial charge < -0.3 is 14.6 Å². The maximum atomic E-state index is 12.2. The number of aliphatic hydroxyl groups is 1. The fourth-order valence-corrected chi connectivity index (χ4v) is 1.70. The summed E-state index contributed by atoms with van der Waals surface area (Å²) in [5.41, 5.74) is -0.125. The van der Waals surface area contributed by atoms with Gasteiger partial charge in [0.25, 0.3) is 0 Å². The van der Waals surface area contributed by atoms with Crippen LogP contribution in [-0.2, 0) is 22.6 Å². The first kappa shape index (κ1) is 16.8. The third-order valence-corrected chi connectivity index (χ3v) is 2.43. The van der Waals surface area contributed by atoms with E-state index in [1.807, 2.05) is 0 Å².